The molecule has 44 heavy (non-hydrogen) atoms. The van der Waals surface area contributed by atoms with Gasteiger partial charge in [-0.3, -0.25) is 4.57 Å². The number of hydrogen-bond donors (Lipinski definition) is 0. The molecule has 1 aromatic heterocycles. The highest BCUT2D eigenvalue weighted by Crippen LogP contribution is 2.46. The van der Waals surface area contributed by atoms with Crippen molar-refractivity contribution >= 4 is 53.2 Å². The molecule has 0 fully saturated rings. The number of imidazole rings is 1. The molecule has 0 unspecified atom stereocenters. The summed E-state index contributed by atoms with van der Waals surface area (Å²) in [6.07, 6.45) is 0.695. The number of hydrogen-bond acceptors (Lipinski definition) is 3. The highest BCUT2D eigenvalue weighted by Gasteiger charge is 2.33. The molecule has 2 heterocycles. The SMILES string of the molecule is CCc1nc2cccc3c2n1-c1ccc(-c2c4ccccc4c(-c4ccc5ccccc5c4)c4ccccc24)cc1S3(=O)=O. The third kappa shape index (κ3) is 3.39. The van der Waals surface area contributed by atoms with Crippen molar-refractivity contribution in [3.63, 3.8) is 0 Å². The molecule has 0 aliphatic carbocycles. The summed E-state index contributed by atoms with van der Waals surface area (Å²) in [7, 11) is -3.77. The molecule has 0 spiro atoms. The van der Waals surface area contributed by atoms with Crippen LogP contribution in [0.3, 0.4) is 0 Å². The minimum Gasteiger partial charge on any atom is -0.294 e. The van der Waals surface area contributed by atoms with Gasteiger partial charge in [0.05, 0.1) is 26.5 Å². The van der Waals surface area contributed by atoms with E-state index in [2.05, 4.69) is 104 Å². The van der Waals surface area contributed by atoms with Crippen molar-refractivity contribution in [2.75, 3.05) is 0 Å². The Morgan fingerprint density at radius 3 is 1.84 bits per heavy atom. The third-order valence-corrected chi connectivity index (χ3v) is 10.9. The van der Waals surface area contributed by atoms with Gasteiger partial charge in [0, 0.05) is 6.42 Å². The van der Waals surface area contributed by atoms with Crippen LogP contribution >= 0.6 is 0 Å². The van der Waals surface area contributed by atoms with Crippen LogP contribution in [0.2, 0.25) is 0 Å². The second kappa shape index (κ2) is 9.12. The lowest BCUT2D eigenvalue weighted by Crippen LogP contribution is -2.16. The number of aryl methyl sites for hydroxylation is 1. The van der Waals surface area contributed by atoms with Gasteiger partial charge in [0.1, 0.15) is 5.82 Å². The van der Waals surface area contributed by atoms with Gasteiger partial charge in [0.2, 0.25) is 9.84 Å². The average Bonchev–Trinajstić information content (AvgIpc) is 3.45. The summed E-state index contributed by atoms with van der Waals surface area (Å²) in [6.45, 7) is 2.05. The molecule has 0 N–H and O–H groups in total. The largest absolute Gasteiger partial charge is 0.294 e. The van der Waals surface area contributed by atoms with Crippen LogP contribution in [0.4, 0.5) is 0 Å². The zero-order chi connectivity index (χ0) is 29.6. The molecule has 0 amide bonds. The van der Waals surface area contributed by atoms with Crippen molar-refractivity contribution in [1.29, 1.82) is 0 Å². The maximum atomic E-state index is 14.2. The first kappa shape index (κ1) is 25.3. The van der Waals surface area contributed by atoms with Crippen LogP contribution in [0.25, 0.3) is 71.3 Å². The minimum atomic E-state index is -3.77. The van der Waals surface area contributed by atoms with Gasteiger partial charge in [0.25, 0.3) is 0 Å². The molecule has 0 atom stereocenters. The van der Waals surface area contributed by atoms with Crippen molar-refractivity contribution in [2.45, 2.75) is 23.1 Å². The van der Waals surface area contributed by atoms with Gasteiger partial charge in [-0.15, -0.1) is 0 Å². The van der Waals surface area contributed by atoms with Gasteiger partial charge in [-0.2, -0.15) is 0 Å². The molecule has 210 valence electrons. The molecule has 0 saturated carbocycles. The van der Waals surface area contributed by atoms with Crippen LogP contribution in [-0.2, 0) is 16.3 Å². The standard InChI is InChI=1S/C39H26N2O2S/c1-2-36-40-32-16-9-17-34-39(32)41(36)33-21-20-27(23-35(33)44(34,42)43)38-30-14-7-5-12-28(30)37(29-13-6-8-15-31(29)38)26-19-18-24-10-3-4-11-25(24)22-26/h3-23H,2H2,1H3. The molecule has 8 aromatic rings. The lowest BCUT2D eigenvalue weighted by molar-refractivity contribution is 0.594. The van der Waals surface area contributed by atoms with E-state index in [9.17, 15) is 8.42 Å². The molecule has 9 rings (SSSR count). The molecule has 1 aliphatic heterocycles. The van der Waals surface area contributed by atoms with Crippen LogP contribution in [0.15, 0.2) is 137 Å². The monoisotopic (exact) mass is 586 g/mol. The Kier molecular flexibility index (Phi) is 5.23. The first-order chi connectivity index (χ1) is 21.5. The molecule has 4 nitrogen and oxygen atoms in total. The van der Waals surface area contributed by atoms with Crippen LogP contribution in [0.1, 0.15) is 12.7 Å². The Labute approximate surface area is 254 Å². The highest BCUT2D eigenvalue weighted by molar-refractivity contribution is 7.92. The zero-order valence-corrected chi connectivity index (χ0v) is 24.8. The molecule has 0 bridgehead atoms. The highest BCUT2D eigenvalue weighted by atomic mass is 32.2. The summed E-state index contributed by atoms with van der Waals surface area (Å²) >= 11 is 0. The van der Waals surface area contributed by atoms with Crippen molar-refractivity contribution in [3.8, 4) is 27.9 Å². The number of nitrogens with zero attached hydrogens (tertiary/aromatic N) is 2. The van der Waals surface area contributed by atoms with E-state index < -0.39 is 9.84 Å². The second-order valence-electron chi connectivity index (χ2n) is 11.4. The number of sulfone groups is 1. The first-order valence-electron chi connectivity index (χ1n) is 14.9. The van der Waals surface area contributed by atoms with Crippen LogP contribution in [0, 0.1) is 0 Å². The Morgan fingerprint density at radius 2 is 1.18 bits per heavy atom. The summed E-state index contributed by atoms with van der Waals surface area (Å²) < 4.78 is 30.4. The van der Waals surface area contributed by atoms with Crippen molar-refractivity contribution in [1.82, 2.24) is 9.55 Å². The van der Waals surface area contributed by atoms with E-state index in [1.807, 2.05) is 22.8 Å². The predicted molar refractivity (Wildman–Crippen MR) is 179 cm³/mol. The summed E-state index contributed by atoms with van der Waals surface area (Å²) in [5, 5.41) is 6.84. The fraction of sp³-hybridized carbons (Fsp3) is 0.0513. The van der Waals surface area contributed by atoms with E-state index in [1.165, 1.54) is 16.3 Å². The third-order valence-electron chi connectivity index (χ3n) is 9.06. The van der Waals surface area contributed by atoms with Crippen molar-refractivity contribution in [3.05, 3.63) is 133 Å². The maximum Gasteiger partial charge on any atom is 0.210 e. The van der Waals surface area contributed by atoms with Crippen molar-refractivity contribution in [2.24, 2.45) is 0 Å². The molecular formula is C39H26N2O2S. The zero-order valence-electron chi connectivity index (χ0n) is 24.0. The first-order valence-corrected chi connectivity index (χ1v) is 16.4. The summed E-state index contributed by atoms with van der Waals surface area (Å²) in [4.78, 5) is 5.41. The number of fused-ring (bicyclic) bond motifs is 5. The lowest BCUT2D eigenvalue weighted by atomic mass is 9.85. The van der Waals surface area contributed by atoms with E-state index in [-0.39, 0.29) is 0 Å². The Hall–Kier alpha value is -5.26. The fourth-order valence-corrected chi connectivity index (χ4v) is 8.80. The van der Waals surface area contributed by atoms with Gasteiger partial charge in [0.15, 0.2) is 0 Å². The normalized spacial score (nSPS) is 13.6. The van der Waals surface area contributed by atoms with E-state index in [1.54, 1.807) is 12.1 Å². The summed E-state index contributed by atoms with van der Waals surface area (Å²) in [5.41, 5.74) is 6.28. The summed E-state index contributed by atoms with van der Waals surface area (Å²) in [5.74, 6) is 0.854. The molecule has 0 saturated heterocycles. The molecule has 5 heteroatoms. The Balaban J connectivity index is 1.36. The second-order valence-corrected chi connectivity index (χ2v) is 13.3. The lowest BCUT2D eigenvalue weighted by Gasteiger charge is -2.23. The van der Waals surface area contributed by atoms with Crippen LogP contribution < -0.4 is 0 Å². The molecular weight excluding hydrogens is 561 g/mol. The Morgan fingerprint density at radius 1 is 0.591 bits per heavy atom. The topological polar surface area (TPSA) is 52.0 Å². The Bertz CT molecular complexity index is 2560. The fourth-order valence-electron chi connectivity index (χ4n) is 7.14. The minimum absolute atomic E-state index is 0.313. The van der Waals surface area contributed by atoms with E-state index in [4.69, 9.17) is 4.98 Å². The molecule has 7 aromatic carbocycles. The average molecular weight is 587 g/mol. The van der Waals surface area contributed by atoms with E-state index in [0.29, 0.717) is 32.9 Å². The number of aromatic nitrogens is 2. The molecule has 0 radical (unpaired) electrons. The van der Waals surface area contributed by atoms with Gasteiger partial charge in [-0.25, -0.2) is 13.4 Å². The maximum absolute atomic E-state index is 14.2. The smallest absolute Gasteiger partial charge is 0.210 e. The number of rotatable bonds is 3. The van der Waals surface area contributed by atoms with Gasteiger partial charge < -0.3 is 0 Å². The van der Waals surface area contributed by atoms with Crippen molar-refractivity contribution < 1.29 is 8.42 Å². The predicted octanol–water partition coefficient (Wildman–Crippen LogP) is 9.53. The molecule has 1 aliphatic rings. The number of benzene rings is 7. The quantitative estimate of drug-likeness (QED) is 0.194. The van der Waals surface area contributed by atoms with E-state index in [0.717, 1.165) is 44.1 Å². The van der Waals surface area contributed by atoms with Gasteiger partial charge in [-0.1, -0.05) is 104 Å². The van der Waals surface area contributed by atoms with Crippen LogP contribution in [0.5, 0.6) is 0 Å². The van der Waals surface area contributed by atoms with Crippen LogP contribution in [-0.4, -0.2) is 18.0 Å². The number of para-hydroxylation sites is 1. The summed E-state index contributed by atoms with van der Waals surface area (Å²) in [6, 6.07) is 43.3. The van der Waals surface area contributed by atoms with Gasteiger partial charge in [-0.05, 0) is 84.9 Å². The van der Waals surface area contributed by atoms with E-state index >= 15 is 0 Å². The van der Waals surface area contributed by atoms with Gasteiger partial charge >= 0.3 is 0 Å².